The van der Waals surface area contributed by atoms with E-state index in [1.165, 1.54) is 263 Å². The Balaban J connectivity index is 5.19. The van der Waals surface area contributed by atoms with Crippen LogP contribution in [0.5, 0.6) is 0 Å². The maximum Gasteiger partial charge on any atom is 0.472 e. The van der Waals surface area contributed by atoms with Crippen LogP contribution < -0.4 is 0 Å². The van der Waals surface area contributed by atoms with Crippen molar-refractivity contribution in [1.82, 2.24) is 0 Å². The Kier molecular flexibility index (Phi) is 75.0. The highest BCUT2D eigenvalue weighted by atomic mass is 31.2. The molecular weight excluding hydrogens is 1350 g/mol. The average Bonchev–Trinajstić information content (AvgIpc) is 0.916. The third kappa shape index (κ3) is 78.2. The number of phosphoric ester groups is 2. The molecule has 0 fully saturated rings. The van der Waals surface area contributed by atoms with Crippen molar-refractivity contribution >= 4 is 39.5 Å². The van der Waals surface area contributed by atoms with Gasteiger partial charge in [0.05, 0.1) is 26.4 Å². The van der Waals surface area contributed by atoms with Crippen LogP contribution in [0, 0.1) is 11.8 Å². The fraction of sp³-hybridized carbons (Fsp3) is 0.953. The zero-order chi connectivity index (χ0) is 76.4. The van der Waals surface area contributed by atoms with Gasteiger partial charge < -0.3 is 33.8 Å². The van der Waals surface area contributed by atoms with Crippen molar-refractivity contribution in [1.29, 1.82) is 0 Å². The summed E-state index contributed by atoms with van der Waals surface area (Å²) < 4.78 is 68.8. The molecule has 0 aliphatic carbocycles. The third-order valence-electron chi connectivity index (χ3n) is 20.0. The van der Waals surface area contributed by atoms with E-state index in [1.54, 1.807) is 0 Å². The number of carbonyl (C=O) groups excluding carboxylic acids is 4. The highest BCUT2D eigenvalue weighted by Crippen LogP contribution is 2.45. The third-order valence-corrected chi connectivity index (χ3v) is 21.9. The molecule has 0 aliphatic heterocycles. The Morgan fingerprint density at radius 2 is 0.442 bits per heavy atom. The maximum absolute atomic E-state index is 13.1. The van der Waals surface area contributed by atoms with Crippen LogP contribution in [0.1, 0.15) is 452 Å². The van der Waals surface area contributed by atoms with Gasteiger partial charge in [0.2, 0.25) is 0 Å². The van der Waals surface area contributed by atoms with E-state index in [2.05, 4.69) is 41.5 Å². The molecule has 0 saturated carbocycles. The molecule has 0 rings (SSSR count). The summed E-state index contributed by atoms with van der Waals surface area (Å²) in [6.45, 7) is 9.70. The molecule has 104 heavy (non-hydrogen) atoms. The summed E-state index contributed by atoms with van der Waals surface area (Å²) in [6, 6.07) is 0. The maximum atomic E-state index is 13.1. The smallest absolute Gasteiger partial charge is 0.462 e. The van der Waals surface area contributed by atoms with Crippen LogP contribution in [0.25, 0.3) is 0 Å². The minimum absolute atomic E-state index is 0.109. The molecule has 0 aromatic rings. The van der Waals surface area contributed by atoms with Gasteiger partial charge in [-0.2, -0.15) is 0 Å². The fourth-order valence-corrected chi connectivity index (χ4v) is 14.8. The Bertz CT molecular complexity index is 1990. The van der Waals surface area contributed by atoms with Gasteiger partial charge in [-0.15, -0.1) is 0 Å². The fourth-order valence-electron chi connectivity index (χ4n) is 13.2. The molecular formula is C85H166O17P2. The Morgan fingerprint density at radius 3 is 0.654 bits per heavy atom. The number of unbranched alkanes of at least 4 members (excludes halogenated alkanes) is 54. The molecule has 5 atom stereocenters. The quantitative estimate of drug-likeness (QED) is 0.0222. The number of carbonyl (C=O) groups is 4. The van der Waals surface area contributed by atoms with Gasteiger partial charge in [-0.05, 0) is 37.5 Å². The number of aliphatic hydroxyl groups excluding tert-OH is 1. The first kappa shape index (κ1) is 102. The molecule has 618 valence electrons. The van der Waals surface area contributed by atoms with Crippen LogP contribution in [-0.2, 0) is 65.4 Å². The lowest BCUT2D eigenvalue weighted by Crippen LogP contribution is -2.30. The lowest BCUT2D eigenvalue weighted by Gasteiger charge is -2.21. The molecule has 0 saturated heterocycles. The molecule has 3 N–H and O–H groups in total. The molecule has 17 nitrogen and oxygen atoms in total. The van der Waals surface area contributed by atoms with Crippen molar-refractivity contribution in [2.24, 2.45) is 11.8 Å². The predicted molar refractivity (Wildman–Crippen MR) is 428 cm³/mol. The summed E-state index contributed by atoms with van der Waals surface area (Å²) in [4.78, 5) is 73.1. The molecule has 0 aromatic heterocycles. The molecule has 2 unspecified atom stereocenters. The molecule has 19 heteroatoms. The summed E-state index contributed by atoms with van der Waals surface area (Å²) in [7, 11) is -9.92. The number of esters is 4. The number of phosphoric acid groups is 2. The molecule has 0 heterocycles. The van der Waals surface area contributed by atoms with Crippen molar-refractivity contribution < 1.29 is 80.2 Å². The second-order valence-corrected chi connectivity index (χ2v) is 34.4. The van der Waals surface area contributed by atoms with Crippen molar-refractivity contribution in [3.05, 3.63) is 0 Å². The largest absolute Gasteiger partial charge is 0.472 e. The number of rotatable bonds is 84. The zero-order valence-corrected chi connectivity index (χ0v) is 70.1. The van der Waals surface area contributed by atoms with Gasteiger partial charge in [0, 0.05) is 25.7 Å². The SMILES string of the molecule is CCCCCCCCCCCCCCCCCCCC(=O)O[C@H](COC(=O)CCCCCCCCCC)COP(=O)(O)OC[C@H](O)COP(=O)(O)OC[C@@H](COC(=O)CCCCCCCCCCCCCCCCCC(C)C)OC(=O)CCCCCCCCCCCCCCCCCCCCC(C)C. The van der Waals surface area contributed by atoms with Crippen molar-refractivity contribution in [3.8, 4) is 0 Å². The van der Waals surface area contributed by atoms with Gasteiger partial charge in [-0.1, -0.05) is 401 Å². The van der Waals surface area contributed by atoms with Gasteiger partial charge in [0.25, 0.3) is 0 Å². The van der Waals surface area contributed by atoms with E-state index in [1.807, 2.05) is 0 Å². The minimum Gasteiger partial charge on any atom is -0.462 e. The second-order valence-electron chi connectivity index (χ2n) is 31.5. The Morgan fingerprint density at radius 1 is 0.260 bits per heavy atom. The van der Waals surface area contributed by atoms with Crippen LogP contribution in [0.15, 0.2) is 0 Å². The summed E-state index contributed by atoms with van der Waals surface area (Å²) >= 11 is 0. The van der Waals surface area contributed by atoms with Crippen molar-refractivity contribution in [2.75, 3.05) is 39.6 Å². The average molecular weight is 1520 g/mol. The summed E-state index contributed by atoms with van der Waals surface area (Å²) in [6.07, 6.45) is 68.1. The monoisotopic (exact) mass is 1520 g/mol. The van der Waals surface area contributed by atoms with E-state index >= 15 is 0 Å². The van der Waals surface area contributed by atoms with E-state index in [9.17, 15) is 43.2 Å². The zero-order valence-electron chi connectivity index (χ0n) is 68.3. The first-order chi connectivity index (χ1) is 50.4. The van der Waals surface area contributed by atoms with Crippen LogP contribution in [0.4, 0.5) is 0 Å². The summed E-state index contributed by atoms with van der Waals surface area (Å²) in [5.41, 5.74) is 0. The number of aliphatic hydroxyl groups is 1. The molecule has 0 amide bonds. The van der Waals surface area contributed by atoms with E-state index in [-0.39, 0.29) is 25.7 Å². The number of hydrogen-bond donors (Lipinski definition) is 3. The summed E-state index contributed by atoms with van der Waals surface area (Å²) in [5.74, 6) is -0.479. The Hall–Kier alpha value is -1.94. The van der Waals surface area contributed by atoms with Gasteiger partial charge in [0.1, 0.15) is 19.3 Å². The van der Waals surface area contributed by atoms with Crippen molar-refractivity contribution in [3.63, 3.8) is 0 Å². The van der Waals surface area contributed by atoms with Crippen LogP contribution >= 0.6 is 15.6 Å². The predicted octanol–water partition coefficient (Wildman–Crippen LogP) is 25.8. The highest BCUT2D eigenvalue weighted by Gasteiger charge is 2.30. The number of hydrogen-bond acceptors (Lipinski definition) is 15. The standard InChI is InChI=1S/C85H166O17P2/c1-7-9-11-13-15-17-18-19-20-23-29-35-40-45-51-57-63-69-84(89)101-80(73-95-82(87)67-61-55-49-16-14-12-10-8-2)75-99-103(91,92)97-71-79(86)72-98-104(93,94)100-76-81(74-96-83(88)68-62-56-50-44-39-34-31-26-28-33-38-43-48-54-60-66-78(5)6)102-85(90)70-64-58-52-46-41-36-30-25-22-21-24-27-32-37-42-47-53-59-65-77(3)4/h77-81,86H,7-76H2,1-6H3,(H,91,92)(H,93,94)/t79-,80+,81+/m0/s1. The van der Waals surface area contributed by atoms with Gasteiger partial charge >= 0.3 is 39.5 Å². The molecule has 0 aromatic carbocycles. The molecule has 0 bridgehead atoms. The van der Waals surface area contributed by atoms with Gasteiger partial charge in [0.15, 0.2) is 12.2 Å². The second kappa shape index (κ2) is 76.4. The van der Waals surface area contributed by atoms with E-state index in [0.29, 0.717) is 25.7 Å². The normalized spacial score (nSPS) is 13.8. The first-order valence-electron chi connectivity index (χ1n) is 44.0. The lowest BCUT2D eigenvalue weighted by molar-refractivity contribution is -0.161. The van der Waals surface area contributed by atoms with Crippen LogP contribution in [0.2, 0.25) is 0 Å². The first-order valence-corrected chi connectivity index (χ1v) is 47.0. The van der Waals surface area contributed by atoms with Crippen LogP contribution in [-0.4, -0.2) is 96.7 Å². The molecule has 0 radical (unpaired) electrons. The van der Waals surface area contributed by atoms with Crippen molar-refractivity contribution in [2.45, 2.75) is 471 Å². The van der Waals surface area contributed by atoms with E-state index in [0.717, 1.165) is 108 Å². The molecule has 0 spiro atoms. The minimum atomic E-state index is -4.96. The summed E-state index contributed by atoms with van der Waals surface area (Å²) in [5, 5.41) is 10.7. The lowest BCUT2D eigenvalue weighted by atomic mass is 10.0. The topological polar surface area (TPSA) is 237 Å². The van der Waals surface area contributed by atoms with E-state index in [4.69, 9.17) is 37.0 Å². The van der Waals surface area contributed by atoms with Gasteiger partial charge in [-0.25, -0.2) is 9.13 Å². The molecule has 0 aliphatic rings. The Labute approximate surface area is 638 Å². The number of ether oxygens (including phenoxy) is 4. The van der Waals surface area contributed by atoms with E-state index < -0.39 is 97.5 Å². The highest BCUT2D eigenvalue weighted by molar-refractivity contribution is 7.47. The van der Waals surface area contributed by atoms with Gasteiger partial charge in [-0.3, -0.25) is 37.3 Å². The van der Waals surface area contributed by atoms with Crippen LogP contribution in [0.3, 0.4) is 0 Å².